The second kappa shape index (κ2) is 4.60. The van der Waals surface area contributed by atoms with Gasteiger partial charge in [0.15, 0.2) is 0 Å². The summed E-state index contributed by atoms with van der Waals surface area (Å²) < 4.78 is 31.0. The molecule has 2 nitrogen and oxygen atoms in total. The molecule has 0 aliphatic rings. The molecule has 4 heteroatoms. The largest absolute Gasteiger partial charge is 0.460 e. The highest BCUT2D eigenvalue weighted by atomic mass is 19.1. The van der Waals surface area contributed by atoms with Crippen LogP contribution < -0.4 is 0 Å². The van der Waals surface area contributed by atoms with E-state index >= 15 is 0 Å². The highest BCUT2D eigenvalue weighted by Gasteiger charge is 2.18. The van der Waals surface area contributed by atoms with Crippen LogP contribution in [0.5, 0.6) is 0 Å². The molecule has 0 bridgehead atoms. The topological polar surface area (TPSA) is 26.3 Å². The SMILES string of the molecule is CC(C)(C)OC(=O)Cc1cc(F)ccc1F. The van der Waals surface area contributed by atoms with Gasteiger partial charge in [-0.2, -0.15) is 0 Å². The van der Waals surface area contributed by atoms with E-state index < -0.39 is 23.2 Å². The molecule has 1 aromatic carbocycles. The van der Waals surface area contributed by atoms with Gasteiger partial charge >= 0.3 is 5.97 Å². The molecular weight excluding hydrogens is 214 g/mol. The summed E-state index contributed by atoms with van der Waals surface area (Å²) in [4.78, 5) is 11.4. The van der Waals surface area contributed by atoms with E-state index in [1.165, 1.54) is 0 Å². The highest BCUT2D eigenvalue weighted by Crippen LogP contribution is 2.13. The van der Waals surface area contributed by atoms with Crippen LogP contribution >= 0.6 is 0 Å². The monoisotopic (exact) mass is 228 g/mol. The first-order valence-electron chi connectivity index (χ1n) is 4.94. The van der Waals surface area contributed by atoms with Crippen LogP contribution in [0.3, 0.4) is 0 Å². The van der Waals surface area contributed by atoms with Crippen molar-refractivity contribution >= 4 is 5.97 Å². The number of hydrogen-bond donors (Lipinski definition) is 0. The maximum Gasteiger partial charge on any atom is 0.310 e. The quantitative estimate of drug-likeness (QED) is 0.727. The number of carbonyl (C=O) groups is 1. The van der Waals surface area contributed by atoms with E-state index in [-0.39, 0.29) is 12.0 Å². The molecule has 0 saturated heterocycles. The Morgan fingerprint density at radius 3 is 2.50 bits per heavy atom. The van der Waals surface area contributed by atoms with Crippen LogP contribution in [0.2, 0.25) is 0 Å². The zero-order chi connectivity index (χ0) is 12.3. The van der Waals surface area contributed by atoms with Crippen molar-refractivity contribution < 1.29 is 18.3 Å². The van der Waals surface area contributed by atoms with E-state index in [9.17, 15) is 13.6 Å². The number of rotatable bonds is 2. The fourth-order valence-electron chi connectivity index (χ4n) is 1.21. The molecular formula is C12H14F2O2. The van der Waals surface area contributed by atoms with Crippen LogP contribution in [0.1, 0.15) is 26.3 Å². The van der Waals surface area contributed by atoms with Crippen molar-refractivity contribution in [1.29, 1.82) is 0 Å². The molecule has 0 atom stereocenters. The van der Waals surface area contributed by atoms with Gasteiger partial charge in [-0.25, -0.2) is 8.78 Å². The lowest BCUT2D eigenvalue weighted by Gasteiger charge is -2.19. The van der Waals surface area contributed by atoms with Crippen molar-refractivity contribution in [3.05, 3.63) is 35.4 Å². The smallest absolute Gasteiger partial charge is 0.310 e. The Morgan fingerprint density at radius 2 is 1.94 bits per heavy atom. The van der Waals surface area contributed by atoms with Crippen molar-refractivity contribution in [2.75, 3.05) is 0 Å². The molecule has 0 aliphatic carbocycles. The fraction of sp³-hybridized carbons (Fsp3) is 0.417. The third kappa shape index (κ3) is 3.96. The van der Waals surface area contributed by atoms with Gasteiger partial charge in [-0.15, -0.1) is 0 Å². The number of benzene rings is 1. The van der Waals surface area contributed by atoms with E-state index in [0.29, 0.717) is 0 Å². The highest BCUT2D eigenvalue weighted by molar-refractivity contribution is 5.73. The maximum absolute atomic E-state index is 13.2. The van der Waals surface area contributed by atoms with Gasteiger partial charge in [0, 0.05) is 5.56 Å². The van der Waals surface area contributed by atoms with Crippen LogP contribution in [0, 0.1) is 11.6 Å². The normalized spacial score (nSPS) is 11.3. The van der Waals surface area contributed by atoms with Crippen LogP contribution in [-0.2, 0) is 16.0 Å². The number of esters is 1. The van der Waals surface area contributed by atoms with Gasteiger partial charge in [0.1, 0.15) is 17.2 Å². The number of ether oxygens (including phenoxy) is 1. The number of carbonyl (C=O) groups excluding carboxylic acids is 1. The van der Waals surface area contributed by atoms with Gasteiger partial charge in [-0.05, 0) is 39.0 Å². The van der Waals surface area contributed by atoms with Gasteiger partial charge in [-0.3, -0.25) is 4.79 Å². The first-order valence-corrected chi connectivity index (χ1v) is 4.94. The Hall–Kier alpha value is -1.45. The van der Waals surface area contributed by atoms with Crippen molar-refractivity contribution in [1.82, 2.24) is 0 Å². The minimum Gasteiger partial charge on any atom is -0.460 e. The van der Waals surface area contributed by atoms with Crippen molar-refractivity contribution in [2.45, 2.75) is 32.8 Å². The number of hydrogen-bond acceptors (Lipinski definition) is 2. The maximum atomic E-state index is 13.2. The molecule has 0 aliphatic heterocycles. The lowest BCUT2D eigenvalue weighted by Crippen LogP contribution is -2.25. The molecule has 0 unspecified atom stereocenters. The molecule has 0 N–H and O–H groups in total. The Labute approximate surface area is 93.2 Å². The van der Waals surface area contributed by atoms with Crippen molar-refractivity contribution in [3.8, 4) is 0 Å². The van der Waals surface area contributed by atoms with E-state index in [4.69, 9.17) is 4.74 Å². The summed E-state index contributed by atoms with van der Waals surface area (Å²) in [6, 6.07) is 3.00. The third-order valence-corrected chi connectivity index (χ3v) is 1.76. The average Bonchev–Trinajstić information content (AvgIpc) is 2.08. The Balaban J connectivity index is 2.73. The third-order valence-electron chi connectivity index (χ3n) is 1.76. The molecule has 0 amide bonds. The van der Waals surface area contributed by atoms with Crippen LogP contribution in [0.15, 0.2) is 18.2 Å². The molecule has 0 heterocycles. The van der Waals surface area contributed by atoms with E-state index in [2.05, 4.69) is 0 Å². The minimum absolute atomic E-state index is 0.00856. The molecule has 0 fully saturated rings. The Kier molecular flexibility index (Phi) is 3.62. The summed E-state index contributed by atoms with van der Waals surface area (Å²) >= 11 is 0. The molecule has 0 radical (unpaired) electrons. The van der Waals surface area contributed by atoms with Crippen LogP contribution in [0.4, 0.5) is 8.78 Å². The first-order chi connectivity index (χ1) is 7.28. The summed E-state index contributed by atoms with van der Waals surface area (Å²) in [5.41, 5.74) is -0.616. The van der Waals surface area contributed by atoms with Crippen molar-refractivity contribution in [3.63, 3.8) is 0 Å². The Morgan fingerprint density at radius 1 is 1.31 bits per heavy atom. The Bertz CT molecular complexity index is 394. The minimum atomic E-state index is -0.624. The zero-order valence-corrected chi connectivity index (χ0v) is 9.51. The van der Waals surface area contributed by atoms with E-state index in [0.717, 1.165) is 18.2 Å². The molecule has 1 rings (SSSR count). The molecule has 0 spiro atoms. The fourth-order valence-corrected chi connectivity index (χ4v) is 1.21. The van der Waals surface area contributed by atoms with Crippen molar-refractivity contribution in [2.24, 2.45) is 0 Å². The number of halogens is 2. The molecule has 0 saturated carbocycles. The standard InChI is InChI=1S/C12H14F2O2/c1-12(2,3)16-11(15)7-8-6-9(13)4-5-10(8)14/h4-6H,7H2,1-3H3. The molecule has 88 valence electrons. The van der Waals surface area contributed by atoms with Gasteiger partial charge < -0.3 is 4.74 Å². The predicted molar refractivity (Wildman–Crippen MR) is 55.9 cm³/mol. The average molecular weight is 228 g/mol. The zero-order valence-electron chi connectivity index (χ0n) is 9.51. The van der Waals surface area contributed by atoms with Crippen LogP contribution in [0.25, 0.3) is 0 Å². The predicted octanol–water partition coefficient (Wildman–Crippen LogP) is 2.85. The second-order valence-corrected chi connectivity index (χ2v) is 4.50. The van der Waals surface area contributed by atoms with E-state index in [1.807, 2.05) is 0 Å². The summed E-state index contributed by atoms with van der Waals surface area (Å²) in [5.74, 6) is -1.75. The summed E-state index contributed by atoms with van der Waals surface area (Å²) in [5, 5.41) is 0. The summed E-state index contributed by atoms with van der Waals surface area (Å²) in [6.45, 7) is 5.15. The van der Waals surface area contributed by atoms with Gasteiger partial charge in [0.2, 0.25) is 0 Å². The van der Waals surface area contributed by atoms with Crippen LogP contribution in [-0.4, -0.2) is 11.6 Å². The molecule has 16 heavy (non-hydrogen) atoms. The summed E-state index contributed by atoms with van der Waals surface area (Å²) in [7, 11) is 0. The molecule has 1 aromatic rings. The summed E-state index contributed by atoms with van der Waals surface area (Å²) in [6.07, 6.45) is -0.263. The van der Waals surface area contributed by atoms with Gasteiger partial charge in [-0.1, -0.05) is 0 Å². The molecule has 0 aromatic heterocycles. The first kappa shape index (κ1) is 12.6. The van der Waals surface area contributed by atoms with E-state index in [1.54, 1.807) is 20.8 Å². The lowest BCUT2D eigenvalue weighted by atomic mass is 10.1. The van der Waals surface area contributed by atoms with Gasteiger partial charge in [0.05, 0.1) is 6.42 Å². The van der Waals surface area contributed by atoms with Gasteiger partial charge in [0.25, 0.3) is 0 Å². The second-order valence-electron chi connectivity index (χ2n) is 4.50. The lowest BCUT2D eigenvalue weighted by molar-refractivity contribution is -0.153.